The van der Waals surface area contributed by atoms with Crippen LogP contribution in [0.4, 0.5) is 5.82 Å². The second kappa shape index (κ2) is 6.49. The molecule has 4 heterocycles. The van der Waals surface area contributed by atoms with Gasteiger partial charge in [0.2, 0.25) is 0 Å². The predicted octanol–water partition coefficient (Wildman–Crippen LogP) is 3.91. The predicted molar refractivity (Wildman–Crippen MR) is 98.9 cm³/mol. The Morgan fingerprint density at radius 1 is 1.33 bits per heavy atom. The summed E-state index contributed by atoms with van der Waals surface area (Å²) in [5, 5.41) is 6.43. The maximum atomic E-state index is 12.8. The highest BCUT2D eigenvalue weighted by molar-refractivity contribution is 7.15. The molecule has 0 spiro atoms. The van der Waals surface area contributed by atoms with Gasteiger partial charge in [-0.25, -0.2) is 9.97 Å². The fourth-order valence-corrected chi connectivity index (χ4v) is 4.78. The van der Waals surface area contributed by atoms with E-state index in [1.54, 1.807) is 17.7 Å². The molecule has 1 aliphatic heterocycles. The third kappa shape index (κ3) is 2.78. The number of rotatable bonds is 4. The largest absolute Gasteiger partial charge is 0.365 e. The molecule has 1 fully saturated rings. The summed E-state index contributed by atoms with van der Waals surface area (Å²) >= 11 is 3.24. The van der Waals surface area contributed by atoms with Crippen molar-refractivity contribution >= 4 is 45.3 Å². The van der Waals surface area contributed by atoms with E-state index in [0.29, 0.717) is 0 Å². The first-order valence-electron chi connectivity index (χ1n) is 8.03. The van der Waals surface area contributed by atoms with E-state index in [1.807, 2.05) is 17.9 Å². The molecule has 0 aliphatic carbocycles. The molecule has 1 saturated heterocycles. The topological polar surface area (TPSA) is 58.1 Å². The van der Waals surface area contributed by atoms with E-state index >= 15 is 0 Å². The normalized spacial score (nSPS) is 14.5. The molecule has 0 radical (unpaired) electrons. The van der Waals surface area contributed by atoms with Crippen molar-refractivity contribution in [1.82, 2.24) is 14.9 Å². The second-order valence-corrected chi connectivity index (χ2v) is 8.12. The van der Waals surface area contributed by atoms with Gasteiger partial charge >= 0.3 is 0 Å². The number of anilines is 1. The number of thiophene rings is 2. The lowest BCUT2D eigenvalue weighted by Gasteiger charge is -2.13. The number of carbonyl (C=O) groups is 1. The molecular weight excluding hydrogens is 340 g/mol. The molecule has 5 nitrogen and oxygen atoms in total. The molecule has 3 aromatic heterocycles. The van der Waals surface area contributed by atoms with Crippen LogP contribution < -0.4 is 5.32 Å². The van der Waals surface area contributed by atoms with Crippen molar-refractivity contribution in [2.75, 3.05) is 18.4 Å². The SMILES string of the molecule is Cc1sc(C(=O)N2CCCC2)c2ncnc(NCc3cccs3)c12. The van der Waals surface area contributed by atoms with Crippen LogP contribution >= 0.6 is 22.7 Å². The molecule has 7 heteroatoms. The average Bonchev–Trinajstić information content (AvgIpc) is 3.34. The van der Waals surface area contributed by atoms with Gasteiger partial charge < -0.3 is 10.2 Å². The highest BCUT2D eigenvalue weighted by Crippen LogP contribution is 2.34. The summed E-state index contributed by atoms with van der Waals surface area (Å²) in [5.74, 6) is 0.918. The van der Waals surface area contributed by atoms with Gasteiger partial charge in [-0.15, -0.1) is 22.7 Å². The van der Waals surface area contributed by atoms with Crippen LogP contribution in [0.5, 0.6) is 0 Å². The fraction of sp³-hybridized carbons (Fsp3) is 0.353. The zero-order valence-electron chi connectivity index (χ0n) is 13.4. The van der Waals surface area contributed by atoms with Crippen LogP contribution in [0.25, 0.3) is 10.9 Å². The van der Waals surface area contributed by atoms with E-state index in [0.717, 1.165) is 59.0 Å². The highest BCUT2D eigenvalue weighted by atomic mass is 32.1. The van der Waals surface area contributed by atoms with Gasteiger partial charge in [0, 0.05) is 22.8 Å². The van der Waals surface area contributed by atoms with Crippen molar-refractivity contribution in [2.24, 2.45) is 0 Å². The third-order valence-corrected chi connectivity index (χ3v) is 6.23. The maximum Gasteiger partial charge on any atom is 0.266 e. The van der Waals surface area contributed by atoms with Gasteiger partial charge in [-0.05, 0) is 31.2 Å². The summed E-state index contributed by atoms with van der Waals surface area (Å²) < 4.78 is 0. The van der Waals surface area contributed by atoms with E-state index < -0.39 is 0 Å². The number of likely N-dealkylation sites (tertiary alicyclic amines) is 1. The number of fused-ring (bicyclic) bond motifs is 1. The van der Waals surface area contributed by atoms with Crippen LogP contribution in [0.1, 0.15) is 32.3 Å². The molecule has 1 amide bonds. The van der Waals surface area contributed by atoms with Gasteiger partial charge in [0.25, 0.3) is 5.91 Å². The number of nitrogens with zero attached hydrogens (tertiary/aromatic N) is 3. The van der Waals surface area contributed by atoms with Gasteiger partial charge in [-0.3, -0.25) is 4.79 Å². The number of carbonyl (C=O) groups excluding carboxylic acids is 1. The quantitative estimate of drug-likeness (QED) is 0.768. The number of amides is 1. The molecular formula is C17H18N4OS2. The second-order valence-electron chi connectivity index (χ2n) is 5.87. The molecule has 0 saturated carbocycles. The van der Waals surface area contributed by atoms with Gasteiger partial charge in [0.15, 0.2) is 0 Å². The standard InChI is InChI=1S/C17H18N4OS2/c1-11-13-14(15(24-11)17(22)21-6-2-3-7-21)19-10-20-16(13)18-9-12-5-4-8-23-12/h4-5,8,10H,2-3,6-7,9H2,1H3,(H,18,19,20). The molecule has 24 heavy (non-hydrogen) atoms. The Labute approximate surface area is 148 Å². The first-order chi connectivity index (χ1) is 11.7. The minimum Gasteiger partial charge on any atom is -0.365 e. The van der Waals surface area contributed by atoms with Crippen molar-refractivity contribution in [2.45, 2.75) is 26.3 Å². The summed E-state index contributed by atoms with van der Waals surface area (Å²) in [6, 6.07) is 4.14. The Morgan fingerprint density at radius 2 is 2.17 bits per heavy atom. The number of nitrogens with one attached hydrogen (secondary N) is 1. The molecule has 0 atom stereocenters. The van der Waals surface area contributed by atoms with Crippen LogP contribution in [-0.4, -0.2) is 33.9 Å². The van der Waals surface area contributed by atoms with Gasteiger partial charge in [-0.1, -0.05) is 6.07 Å². The van der Waals surface area contributed by atoms with Crippen molar-refractivity contribution in [3.63, 3.8) is 0 Å². The van der Waals surface area contributed by atoms with Crippen molar-refractivity contribution in [1.29, 1.82) is 0 Å². The number of aryl methyl sites for hydroxylation is 1. The number of hydrogen-bond donors (Lipinski definition) is 1. The van der Waals surface area contributed by atoms with Crippen molar-refractivity contribution in [3.05, 3.63) is 38.5 Å². The molecule has 0 aromatic carbocycles. The Bertz CT molecular complexity index is 866. The van der Waals surface area contributed by atoms with E-state index in [9.17, 15) is 4.79 Å². The molecule has 0 unspecified atom stereocenters. The van der Waals surface area contributed by atoms with E-state index in [4.69, 9.17) is 0 Å². The highest BCUT2D eigenvalue weighted by Gasteiger charge is 2.25. The smallest absolute Gasteiger partial charge is 0.266 e. The van der Waals surface area contributed by atoms with Gasteiger partial charge in [0.1, 0.15) is 17.0 Å². The minimum absolute atomic E-state index is 0.110. The lowest BCUT2D eigenvalue weighted by Crippen LogP contribution is -2.27. The summed E-state index contributed by atoms with van der Waals surface area (Å²) in [6.45, 7) is 4.47. The summed E-state index contributed by atoms with van der Waals surface area (Å²) in [4.78, 5) is 26.6. The summed E-state index contributed by atoms with van der Waals surface area (Å²) in [5.41, 5.74) is 0.776. The first kappa shape index (κ1) is 15.5. The van der Waals surface area contributed by atoms with Crippen LogP contribution in [0.2, 0.25) is 0 Å². The Hall–Kier alpha value is -1.99. The summed E-state index contributed by atoms with van der Waals surface area (Å²) in [7, 11) is 0. The van der Waals surface area contributed by atoms with Gasteiger partial charge in [-0.2, -0.15) is 0 Å². The molecule has 1 aliphatic rings. The van der Waals surface area contributed by atoms with E-state index in [2.05, 4.69) is 26.7 Å². The van der Waals surface area contributed by atoms with Crippen LogP contribution in [0, 0.1) is 6.92 Å². The Morgan fingerprint density at radius 3 is 2.92 bits per heavy atom. The first-order valence-corrected chi connectivity index (χ1v) is 9.73. The number of aromatic nitrogens is 2. The van der Waals surface area contributed by atoms with Crippen LogP contribution in [0.15, 0.2) is 23.8 Å². The maximum absolute atomic E-state index is 12.8. The van der Waals surface area contributed by atoms with E-state index in [1.165, 1.54) is 16.2 Å². The average molecular weight is 358 g/mol. The van der Waals surface area contributed by atoms with Crippen LogP contribution in [0.3, 0.4) is 0 Å². The lowest BCUT2D eigenvalue weighted by molar-refractivity contribution is 0.0799. The van der Waals surface area contributed by atoms with E-state index in [-0.39, 0.29) is 5.91 Å². The zero-order chi connectivity index (χ0) is 16.5. The molecule has 1 N–H and O–H groups in total. The van der Waals surface area contributed by atoms with Crippen molar-refractivity contribution < 1.29 is 4.79 Å². The van der Waals surface area contributed by atoms with Gasteiger partial charge in [0.05, 0.1) is 17.4 Å². The lowest BCUT2D eigenvalue weighted by atomic mass is 10.2. The zero-order valence-corrected chi connectivity index (χ0v) is 15.0. The monoisotopic (exact) mass is 358 g/mol. The Kier molecular flexibility index (Phi) is 4.20. The molecule has 4 rings (SSSR count). The Balaban J connectivity index is 1.68. The minimum atomic E-state index is 0.110. The van der Waals surface area contributed by atoms with Crippen LogP contribution in [-0.2, 0) is 6.54 Å². The fourth-order valence-electron chi connectivity index (χ4n) is 3.07. The molecule has 3 aromatic rings. The summed E-state index contributed by atoms with van der Waals surface area (Å²) in [6.07, 6.45) is 3.74. The third-order valence-electron chi connectivity index (χ3n) is 4.27. The molecule has 0 bridgehead atoms. The number of hydrogen-bond acceptors (Lipinski definition) is 6. The van der Waals surface area contributed by atoms with Crippen molar-refractivity contribution in [3.8, 4) is 0 Å². The molecule has 124 valence electrons.